The molecule has 0 rings (SSSR count). The van der Waals surface area contributed by atoms with Gasteiger partial charge in [-0.1, -0.05) is 13.8 Å². The molecular formula is C5H12O6S2. The van der Waals surface area contributed by atoms with E-state index in [1.54, 1.807) is 0 Å². The Morgan fingerprint density at radius 2 is 1.15 bits per heavy atom. The van der Waals surface area contributed by atoms with Crippen LogP contribution in [-0.4, -0.2) is 30.0 Å². The highest BCUT2D eigenvalue weighted by atomic mass is 32.3. The molecule has 0 aliphatic carbocycles. The Kier molecular flexibility index (Phi) is 3.47. The first-order chi connectivity index (χ1) is 5.62. The smallest absolute Gasteiger partial charge is 0.284 e. The van der Waals surface area contributed by atoms with E-state index in [2.05, 4.69) is 0 Å². The second-order valence-corrected chi connectivity index (χ2v) is 6.29. The lowest BCUT2D eigenvalue weighted by atomic mass is 10.2. The van der Waals surface area contributed by atoms with Crippen molar-refractivity contribution >= 4 is 20.2 Å². The van der Waals surface area contributed by atoms with E-state index in [1.165, 1.54) is 13.8 Å². The van der Waals surface area contributed by atoms with Crippen LogP contribution >= 0.6 is 0 Å². The summed E-state index contributed by atoms with van der Waals surface area (Å²) in [5, 5.41) is 0. The Morgan fingerprint density at radius 1 is 0.923 bits per heavy atom. The van der Waals surface area contributed by atoms with Crippen LogP contribution in [0.5, 0.6) is 0 Å². The Balaban J connectivity index is 5.75. The van der Waals surface area contributed by atoms with Gasteiger partial charge in [0.25, 0.3) is 20.2 Å². The van der Waals surface area contributed by atoms with Crippen molar-refractivity contribution in [3.63, 3.8) is 0 Å². The highest BCUT2D eigenvalue weighted by Crippen LogP contribution is 2.30. The van der Waals surface area contributed by atoms with E-state index in [0.717, 1.165) is 0 Å². The Hall–Kier alpha value is -0.180. The first-order valence-corrected chi connectivity index (χ1v) is 6.44. The molecule has 0 aliphatic rings. The molecule has 2 N–H and O–H groups in total. The summed E-state index contributed by atoms with van der Waals surface area (Å²) in [6, 6.07) is 0. The second kappa shape index (κ2) is 3.52. The maximum Gasteiger partial charge on any atom is 0.287 e. The Morgan fingerprint density at radius 3 is 1.15 bits per heavy atom. The number of hydrogen-bond donors (Lipinski definition) is 2. The molecule has 0 spiro atoms. The van der Waals surface area contributed by atoms with Gasteiger partial charge in [0.1, 0.15) is 0 Å². The molecule has 0 radical (unpaired) electrons. The standard InChI is InChI=1S/C5H12O6S2/c1-3-5(4-2,12(6,7)8)13(9,10)11/h3-4H2,1-2H3,(H,6,7,8)(H,9,10,11). The quantitative estimate of drug-likeness (QED) is 0.674. The van der Waals surface area contributed by atoms with E-state index >= 15 is 0 Å². The Labute approximate surface area is 77.5 Å². The van der Waals surface area contributed by atoms with Gasteiger partial charge in [-0.15, -0.1) is 0 Å². The van der Waals surface area contributed by atoms with Crippen molar-refractivity contribution in [3.05, 3.63) is 0 Å². The topological polar surface area (TPSA) is 109 Å². The van der Waals surface area contributed by atoms with Crippen LogP contribution in [0, 0.1) is 0 Å². The molecule has 0 saturated heterocycles. The number of rotatable bonds is 4. The van der Waals surface area contributed by atoms with Crippen LogP contribution in [0.15, 0.2) is 0 Å². The fourth-order valence-electron chi connectivity index (χ4n) is 1.11. The maximum absolute atomic E-state index is 10.8. The zero-order valence-electron chi connectivity index (χ0n) is 7.26. The van der Waals surface area contributed by atoms with E-state index < -0.39 is 37.2 Å². The van der Waals surface area contributed by atoms with Gasteiger partial charge in [0.05, 0.1) is 0 Å². The molecule has 0 atom stereocenters. The molecule has 0 bridgehead atoms. The molecule has 0 heterocycles. The van der Waals surface area contributed by atoms with Gasteiger partial charge in [0.15, 0.2) is 0 Å². The van der Waals surface area contributed by atoms with Gasteiger partial charge in [-0.3, -0.25) is 9.11 Å². The summed E-state index contributed by atoms with van der Waals surface area (Å²) < 4.78 is 58.0. The molecule has 0 unspecified atom stereocenters. The largest absolute Gasteiger partial charge is 0.287 e. The summed E-state index contributed by atoms with van der Waals surface area (Å²) in [6.07, 6.45) is -0.803. The fourth-order valence-corrected chi connectivity index (χ4v) is 3.64. The first-order valence-electron chi connectivity index (χ1n) is 3.56. The molecule has 0 saturated carbocycles. The van der Waals surface area contributed by atoms with E-state index in [4.69, 9.17) is 9.11 Å². The third-order valence-electron chi connectivity index (χ3n) is 2.02. The molecule has 0 aromatic carbocycles. The van der Waals surface area contributed by atoms with E-state index in [9.17, 15) is 16.8 Å². The zero-order chi connectivity index (χ0) is 10.9. The molecule has 6 nitrogen and oxygen atoms in total. The van der Waals surface area contributed by atoms with Crippen LogP contribution in [0.25, 0.3) is 0 Å². The van der Waals surface area contributed by atoms with Crippen molar-refractivity contribution in [1.82, 2.24) is 0 Å². The zero-order valence-corrected chi connectivity index (χ0v) is 8.89. The SMILES string of the molecule is CCC(CC)(S(=O)(=O)O)S(=O)(=O)O. The molecule has 80 valence electrons. The average molecular weight is 232 g/mol. The molecule has 0 amide bonds. The average Bonchev–Trinajstić information content (AvgIpc) is 1.84. The molecular weight excluding hydrogens is 220 g/mol. The normalized spacial score (nSPS) is 14.5. The van der Waals surface area contributed by atoms with Crippen LogP contribution in [0.3, 0.4) is 0 Å². The third kappa shape index (κ3) is 2.01. The summed E-state index contributed by atoms with van der Waals surface area (Å²) in [5.41, 5.74) is 0. The van der Waals surface area contributed by atoms with Gasteiger partial charge in [-0.05, 0) is 12.8 Å². The van der Waals surface area contributed by atoms with Crippen LogP contribution < -0.4 is 0 Å². The van der Waals surface area contributed by atoms with Crippen molar-refractivity contribution in [2.45, 2.75) is 30.8 Å². The van der Waals surface area contributed by atoms with Crippen molar-refractivity contribution in [2.75, 3.05) is 0 Å². The summed E-state index contributed by atoms with van der Waals surface area (Å²) >= 11 is 0. The van der Waals surface area contributed by atoms with Crippen molar-refractivity contribution in [1.29, 1.82) is 0 Å². The lowest BCUT2D eigenvalue weighted by Gasteiger charge is -2.23. The lowest BCUT2D eigenvalue weighted by Crippen LogP contribution is -2.44. The fraction of sp³-hybridized carbons (Fsp3) is 1.00. The van der Waals surface area contributed by atoms with Crippen LogP contribution in [-0.2, 0) is 20.2 Å². The third-order valence-corrected chi connectivity index (χ3v) is 6.32. The predicted molar refractivity (Wildman–Crippen MR) is 46.4 cm³/mol. The summed E-state index contributed by atoms with van der Waals surface area (Å²) in [5.74, 6) is 0. The van der Waals surface area contributed by atoms with Gasteiger partial charge in [-0.2, -0.15) is 16.8 Å². The van der Waals surface area contributed by atoms with Gasteiger partial charge >= 0.3 is 0 Å². The van der Waals surface area contributed by atoms with Gasteiger partial charge in [0.2, 0.25) is 4.08 Å². The molecule has 8 heteroatoms. The van der Waals surface area contributed by atoms with E-state index in [-0.39, 0.29) is 0 Å². The molecule has 0 aromatic heterocycles. The van der Waals surface area contributed by atoms with Gasteiger partial charge < -0.3 is 0 Å². The van der Waals surface area contributed by atoms with Crippen LogP contribution in [0.4, 0.5) is 0 Å². The lowest BCUT2D eigenvalue weighted by molar-refractivity contribution is 0.412. The molecule has 13 heavy (non-hydrogen) atoms. The minimum Gasteiger partial charge on any atom is -0.284 e. The first kappa shape index (κ1) is 12.8. The highest BCUT2D eigenvalue weighted by molar-refractivity contribution is 8.05. The monoisotopic (exact) mass is 232 g/mol. The summed E-state index contributed by atoms with van der Waals surface area (Å²) in [7, 11) is -9.64. The van der Waals surface area contributed by atoms with Gasteiger partial charge in [0, 0.05) is 0 Å². The summed E-state index contributed by atoms with van der Waals surface area (Å²) in [4.78, 5) is 0. The molecule has 0 aliphatic heterocycles. The highest BCUT2D eigenvalue weighted by Gasteiger charge is 2.51. The van der Waals surface area contributed by atoms with Crippen molar-refractivity contribution < 1.29 is 25.9 Å². The molecule has 0 aromatic rings. The minimum atomic E-state index is -4.82. The van der Waals surface area contributed by atoms with Crippen molar-refractivity contribution in [3.8, 4) is 0 Å². The Bertz CT molecular complexity index is 326. The molecule has 0 fully saturated rings. The predicted octanol–water partition coefficient (Wildman–Crippen LogP) is 0.278. The van der Waals surface area contributed by atoms with Crippen molar-refractivity contribution in [2.24, 2.45) is 0 Å². The number of hydrogen-bond acceptors (Lipinski definition) is 4. The van der Waals surface area contributed by atoms with Crippen LogP contribution in [0.2, 0.25) is 0 Å². The van der Waals surface area contributed by atoms with E-state index in [0.29, 0.717) is 0 Å². The maximum atomic E-state index is 10.8. The van der Waals surface area contributed by atoms with Gasteiger partial charge in [-0.25, -0.2) is 0 Å². The summed E-state index contributed by atoms with van der Waals surface area (Å²) in [6.45, 7) is 2.51. The minimum absolute atomic E-state index is 0.402. The van der Waals surface area contributed by atoms with E-state index in [1.807, 2.05) is 0 Å². The van der Waals surface area contributed by atoms with Crippen LogP contribution in [0.1, 0.15) is 26.7 Å². The second-order valence-electron chi connectivity index (χ2n) is 2.57.